The Morgan fingerprint density at radius 1 is 1.54 bits per heavy atom. The van der Waals surface area contributed by atoms with Crippen LogP contribution in [0.2, 0.25) is 0 Å². The topological polar surface area (TPSA) is 12.9 Å². The van der Waals surface area contributed by atoms with Crippen molar-refractivity contribution in [1.29, 1.82) is 0 Å². The van der Waals surface area contributed by atoms with Crippen LogP contribution in [0, 0.1) is 0 Å². The highest BCUT2D eigenvalue weighted by Gasteiger charge is 2.28. The molecule has 3 heteroatoms. The molecule has 1 aromatic heterocycles. The van der Waals surface area contributed by atoms with E-state index in [1.165, 1.54) is 34.8 Å². The quantitative estimate of drug-likeness (QED) is 0.756. The standard InChI is InChI=1S/C10H15NS2/c1-2-3-9-11-10(7-4-5-7)8(6-12)13-9/h7,12H,2-6H2,1H3. The summed E-state index contributed by atoms with van der Waals surface area (Å²) in [6, 6.07) is 0. The molecule has 0 aromatic carbocycles. The summed E-state index contributed by atoms with van der Waals surface area (Å²) in [5.41, 5.74) is 1.36. The fraction of sp³-hybridized carbons (Fsp3) is 0.700. The first-order chi connectivity index (χ1) is 6.35. The van der Waals surface area contributed by atoms with Crippen LogP contribution in [-0.2, 0) is 12.2 Å². The minimum atomic E-state index is 0.781. The van der Waals surface area contributed by atoms with Crippen LogP contribution in [0.15, 0.2) is 0 Å². The van der Waals surface area contributed by atoms with Crippen LogP contribution in [0.4, 0.5) is 0 Å². The van der Waals surface area contributed by atoms with Crippen molar-refractivity contribution in [2.24, 2.45) is 0 Å². The zero-order valence-electron chi connectivity index (χ0n) is 7.92. The summed E-state index contributed by atoms with van der Waals surface area (Å²) in [5.74, 6) is 1.65. The molecule has 0 aliphatic heterocycles. The fourth-order valence-electron chi connectivity index (χ4n) is 1.52. The summed E-state index contributed by atoms with van der Waals surface area (Å²) >= 11 is 6.22. The Hall–Kier alpha value is -0.0200. The molecular weight excluding hydrogens is 198 g/mol. The van der Waals surface area contributed by atoms with E-state index in [-0.39, 0.29) is 0 Å². The van der Waals surface area contributed by atoms with Gasteiger partial charge in [-0.1, -0.05) is 6.92 Å². The molecule has 13 heavy (non-hydrogen) atoms. The van der Waals surface area contributed by atoms with Crippen molar-refractivity contribution < 1.29 is 0 Å². The lowest BCUT2D eigenvalue weighted by molar-refractivity contribution is 0.889. The molecule has 1 nitrogen and oxygen atoms in total. The van der Waals surface area contributed by atoms with E-state index >= 15 is 0 Å². The van der Waals surface area contributed by atoms with Crippen molar-refractivity contribution in [3.63, 3.8) is 0 Å². The molecule has 0 saturated heterocycles. The number of thiol groups is 1. The van der Waals surface area contributed by atoms with Gasteiger partial charge in [0, 0.05) is 16.5 Å². The molecule has 0 amide bonds. The molecule has 2 rings (SSSR count). The second-order valence-electron chi connectivity index (χ2n) is 3.60. The molecule has 1 fully saturated rings. The molecule has 1 heterocycles. The summed E-state index contributed by atoms with van der Waals surface area (Å²) in [7, 11) is 0. The van der Waals surface area contributed by atoms with Gasteiger partial charge in [-0.25, -0.2) is 4.98 Å². The maximum absolute atomic E-state index is 4.70. The van der Waals surface area contributed by atoms with E-state index in [2.05, 4.69) is 19.6 Å². The van der Waals surface area contributed by atoms with Crippen molar-refractivity contribution >= 4 is 24.0 Å². The smallest absolute Gasteiger partial charge is 0.0931 e. The van der Waals surface area contributed by atoms with Gasteiger partial charge in [0.05, 0.1) is 10.7 Å². The zero-order valence-corrected chi connectivity index (χ0v) is 9.63. The summed E-state index contributed by atoms with van der Waals surface area (Å²) in [5, 5.41) is 1.31. The molecule has 0 unspecified atom stereocenters. The lowest BCUT2D eigenvalue weighted by Gasteiger charge is -1.92. The largest absolute Gasteiger partial charge is 0.246 e. The van der Waals surface area contributed by atoms with Gasteiger partial charge in [-0.05, 0) is 25.7 Å². The summed E-state index contributed by atoms with van der Waals surface area (Å²) in [6.07, 6.45) is 5.02. The van der Waals surface area contributed by atoms with Gasteiger partial charge in [0.2, 0.25) is 0 Å². The third-order valence-corrected chi connectivity index (χ3v) is 4.00. The Labute approximate surface area is 89.0 Å². The van der Waals surface area contributed by atoms with Gasteiger partial charge >= 0.3 is 0 Å². The van der Waals surface area contributed by atoms with Crippen LogP contribution in [0.3, 0.4) is 0 Å². The molecule has 1 aliphatic carbocycles. The second-order valence-corrected chi connectivity index (χ2v) is 5.08. The zero-order chi connectivity index (χ0) is 9.26. The summed E-state index contributed by atoms with van der Waals surface area (Å²) in [4.78, 5) is 6.11. The fourth-order valence-corrected chi connectivity index (χ4v) is 3.00. The second kappa shape index (κ2) is 4.01. The first kappa shape index (κ1) is 9.53. The van der Waals surface area contributed by atoms with E-state index in [4.69, 9.17) is 4.98 Å². The average molecular weight is 213 g/mol. The number of hydrogen-bond acceptors (Lipinski definition) is 3. The lowest BCUT2D eigenvalue weighted by atomic mass is 10.2. The van der Waals surface area contributed by atoms with Crippen LogP contribution < -0.4 is 0 Å². The monoisotopic (exact) mass is 213 g/mol. The molecule has 0 bridgehead atoms. The SMILES string of the molecule is CCCc1nc(C2CC2)c(CS)s1. The molecule has 0 spiro atoms. The van der Waals surface area contributed by atoms with Gasteiger partial charge in [0.25, 0.3) is 0 Å². The van der Waals surface area contributed by atoms with E-state index < -0.39 is 0 Å². The van der Waals surface area contributed by atoms with Crippen LogP contribution in [0.25, 0.3) is 0 Å². The molecule has 1 saturated carbocycles. The summed E-state index contributed by atoms with van der Waals surface area (Å²) in [6.45, 7) is 2.21. The van der Waals surface area contributed by atoms with Gasteiger partial charge in [-0.3, -0.25) is 0 Å². The number of thiazole rings is 1. The lowest BCUT2D eigenvalue weighted by Crippen LogP contribution is -1.86. The third kappa shape index (κ3) is 2.08. The molecule has 1 aromatic rings. The van der Waals surface area contributed by atoms with Crippen molar-refractivity contribution in [3.05, 3.63) is 15.6 Å². The molecule has 0 N–H and O–H groups in total. The molecule has 72 valence electrons. The van der Waals surface area contributed by atoms with Crippen molar-refractivity contribution in [3.8, 4) is 0 Å². The highest BCUT2D eigenvalue weighted by Crippen LogP contribution is 2.43. The molecule has 0 radical (unpaired) electrons. The van der Waals surface area contributed by atoms with Gasteiger partial charge in [-0.2, -0.15) is 12.6 Å². The highest BCUT2D eigenvalue weighted by atomic mass is 32.1. The van der Waals surface area contributed by atoms with E-state index in [9.17, 15) is 0 Å². The third-order valence-electron chi connectivity index (χ3n) is 2.34. The van der Waals surface area contributed by atoms with Crippen molar-refractivity contribution in [2.75, 3.05) is 0 Å². The van der Waals surface area contributed by atoms with Gasteiger partial charge in [0.1, 0.15) is 0 Å². The van der Waals surface area contributed by atoms with E-state index in [0.29, 0.717) is 0 Å². The van der Waals surface area contributed by atoms with Crippen molar-refractivity contribution in [1.82, 2.24) is 4.98 Å². The Balaban J connectivity index is 2.20. The number of aromatic nitrogens is 1. The molecule has 0 atom stereocenters. The Morgan fingerprint density at radius 3 is 2.85 bits per heavy atom. The number of aryl methyl sites for hydroxylation is 1. The van der Waals surface area contributed by atoms with Gasteiger partial charge in [-0.15, -0.1) is 11.3 Å². The van der Waals surface area contributed by atoms with Crippen LogP contribution in [-0.4, -0.2) is 4.98 Å². The molecule has 1 aliphatic rings. The van der Waals surface area contributed by atoms with Gasteiger partial charge < -0.3 is 0 Å². The number of rotatable bonds is 4. The first-order valence-corrected chi connectivity index (χ1v) is 6.39. The normalized spacial score (nSPS) is 16.5. The van der Waals surface area contributed by atoms with Crippen molar-refractivity contribution in [2.45, 2.75) is 44.3 Å². The Kier molecular flexibility index (Phi) is 2.94. The highest BCUT2D eigenvalue weighted by molar-refractivity contribution is 7.79. The summed E-state index contributed by atoms with van der Waals surface area (Å²) < 4.78 is 0. The Bertz CT molecular complexity index is 289. The van der Waals surface area contributed by atoms with E-state index in [1.807, 2.05) is 11.3 Å². The average Bonchev–Trinajstić information content (AvgIpc) is 2.89. The van der Waals surface area contributed by atoms with Crippen LogP contribution in [0.1, 0.15) is 47.7 Å². The number of nitrogens with zero attached hydrogens (tertiary/aromatic N) is 1. The van der Waals surface area contributed by atoms with Gasteiger partial charge in [0.15, 0.2) is 0 Å². The molecular formula is C10H15NS2. The minimum Gasteiger partial charge on any atom is -0.246 e. The predicted molar refractivity (Wildman–Crippen MR) is 60.8 cm³/mol. The van der Waals surface area contributed by atoms with Crippen LogP contribution in [0.5, 0.6) is 0 Å². The van der Waals surface area contributed by atoms with E-state index in [1.54, 1.807) is 0 Å². The van der Waals surface area contributed by atoms with Crippen LogP contribution >= 0.6 is 24.0 Å². The Morgan fingerprint density at radius 2 is 2.31 bits per heavy atom. The predicted octanol–water partition coefficient (Wildman–Crippen LogP) is 3.40. The number of hydrogen-bond donors (Lipinski definition) is 1. The van der Waals surface area contributed by atoms with E-state index in [0.717, 1.165) is 18.1 Å². The minimum absolute atomic E-state index is 0.781. The first-order valence-electron chi connectivity index (χ1n) is 4.94. The maximum atomic E-state index is 4.70. The maximum Gasteiger partial charge on any atom is 0.0931 e.